The minimum atomic E-state index is -0.372. The second-order valence-corrected chi connectivity index (χ2v) is 6.82. The Morgan fingerprint density at radius 2 is 1.76 bits per heavy atom. The van der Waals surface area contributed by atoms with Gasteiger partial charge in [-0.25, -0.2) is 9.29 Å². The SMILES string of the molecule is O=C1[C@@H]2[C@H](C(=O)N1c1ccn(Cc3ccccc3F)n1)[C@H]1CC[C@@H]2O1. The highest BCUT2D eigenvalue weighted by Crippen LogP contribution is 2.49. The zero-order valence-electron chi connectivity index (χ0n) is 13.3. The fraction of sp³-hybridized carbons (Fsp3) is 0.389. The Balaban J connectivity index is 1.41. The van der Waals surface area contributed by atoms with Crippen LogP contribution < -0.4 is 4.90 Å². The molecule has 0 spiro atoms. The predicted octanol–water partition coefficient (Wildman–Crippen LogP) is 1.74. The Bertz CT molecular complexity index is 852. The van der Waals surface area contributed by atoms with Gasteiger partial charge in [0.25, 0.3) is 0 Å². The number of nitrogens with zero attached hydrogens (tertiary/aromatic N) is 3. The molecular weight excluding hydrogens is 325 g/mol. The zero-order chi connectivity index (χ0) is 17.1. The van der Waals surface area contributed by atoms with Crippen molar-refractivity contribution < 1.29 is 18.7 Å². The van der Waals surface area contributed by atoms with Crippen LogP contribution in [0.3, 0.4) is 0 Å². The van der Waals surface area contributed by atoms with E-state index in [2.05, 4.69) is 5.10 Å². The number of hydrogen-bond acceptors (Lipinski definition) is 4. The number of fused-ring (bicyclic) bond motifs is 5. The van der Waals surface area contributed by atoms with E-state index in [1.807, 2.05) is 0 Å². The van der Waals surface area contributed by atoms with E-state index in [1.165, 1.54) is 15.6 Å². The lowest BCUT2D eigenvalue weighted by atomic mass is 9.81. The van der Waals surface area contributed by atoms with E-state index in [0.717, 1.165) is 12.8 Å². The average Bonchev–Trinajstić information content (AvgIpc) is 3.35. The van der Waals surface area contributed by atoms with Gasteiger partial charge >= 0.3 is 0 Å². The van der Waals surface area contributed by atoms with Crippen molar-refractivity contribution in [3.8, 4) is 0 Å². The summed E-state index contributed by atoms with van der Waals surface area (Å²) < 4.78 is 21.0. The zero-order valence-corrected chi connectivity index (χ0v) is 13.3. The minimum absolute atomic E-state index is 0.142. The molecule has 0 radical (unpaired) electrons. The number of carbonyl (C=O) groups is 2. The van der Waals surface area contributed by atoms with E-state index in [-0.39, 0.29) is 48.2 Å². The third-order valence-corrected chi connectivity index (χ3v) is 5.43. The van der Waals surface area contributed by atoms with Crippen LogP contribution >= 0.6 is 0 Å². The molecule has 1 aromatic heterocycles. The van der Waals surface area contributed by atoms with Crippen LogP contribution in [-0.2, 0) is 20.9 Å². The summed E-state index contributed by atoms with van der Waals surface area (Å²) in [6.07, 6.45) is 3.04. The molecule has 0 saturated carbocycles. The second-order valence-electron chi connectivity index (χ2n) is 6.82. The van der Waals surface area contributed by atoms with Crippen molar-refractivity contribution in [1.82, 2.24) is 9.78 Å². The first kappa shape index (κ1) is 14.8. The highest BCUT2D eigenvalue weighted by molar-refractivity contribution is 6.22. The van der Waals surface area contributed by atoms with E-state index in [1.54, 1.807) is 30.5 Å². The summed E-state index contributed by atoms with van der Waals surface area (Å²) in [7, 11) is 0. The standard InChI is InChI=1S/C18H16FN3O3/c19-11-4-2-1-3-10(11)9-21-8-7-14(20-21)22-17(23)15-12-5-6-13(25-12)16(15)18(22)24/h1-4,7-8,12-13,15-16H,5-6,9H2/t12-,13+,15-,16+. The fourth-order valence-electron chi connectivity index (χ4n) is 4.30. The van der Waals surface area contributed by atoms with Gasteiger partial charge < -0.3 is 4.74 Å². The maximum atomic E-state index is 13.8. The van der Waals surface area contributed by atoms with Crippen LogP contribution in [0.2, 0.25) is 0 Å². The van der Waals surface area contributed by atoms with Crippen molar-refractivity contribution in [2.75, 3.05) is 4.90 Å². The Labute approximate surface area is 143 Å². The highest BCUT2D eigenvalue weighted by Gasteiger charge is 2.63. The van der Waals surface area contributed by atoms with Crippen LogP contribution in [0.4, 0.5) is 10.2 Å². The van der Waals surface area contributed by atoms with Gasteiger partial charge in [0, 0.05) is 17.8 Å². The highest BCUT2D eigenvalue weighted by atomic mass is 19.1. The first-order valence-corrected chi connectivity index (χ1v) is 8.43. The first-order chi connectivity index (χ1) is 12.1. The van der Waals surface area contributed by atoms with Crippen LogP contribution in [-0.4, -0.2) is 33.8 Å². The fourth-order valence-corrected chi connectivity index (χ4v) is 4.30. The molecule has 4 heterocycles. The monoisotopic (exact) mass is 341 g/mol. The third-order valence-electron chi connectivity index (χ3n) is 5.43. The molecule has 7 heteroatoms. The quantitative estimate of drug-likeness (QED) is 0.798. The lowest BCUT2D eigenvalue weighted by Crippen LogP contribution is -2.34. The van der Waals surface area contributed by atoms with Crippen molar-refractivity contribution in [2.45, 2.75) is 31.6 Å². The molecule has 0 unspecified atom stereocenters. The topological polar surface area (TPSA) is 64.4 Å². The van der Waals surface area contributed by atoms with Crippen LogP contribution in [0, 0.1) is 17.7 Å². The molecular formula is C18H16FN3O3. The molecule has 2 bridgehead atoms. The smallest absolute Gasteiger partial charge is 0.241 e. The van der Waals surface area contributed by atoms with Crippen molar-refractivity contribution >= 4 is 17.6 Å². The van der Waals surface area contributed by atoms with Gasteiger partial charge in [-0.1, -0.05) is 18.2 Å². The number of amides is 2. The number of carbonyl (C=O) groups excluding carboxylic acids is 2. The van der Waals surface area contributed by atoms with Gasteiger partial charge in [-0.15, -0.1) is 0 Å². The summed E-state index contributed by atoms with van der Waals surface area (Å²) in [5.74, 6) is -1.20. The van der Waals surface area contributed by atoms with Gasteiger partial charge in [-0.2, -0.15) is 5.10 Å². The van der Waals surface area contributed by atoms with Gasteiger partial charge in [0.05, 0.1) is 30.6 Å². The van der Waals surface area contributed by atoms with Gasteiger partial charge in [0.2, 0.25) is 11.8 Å². The Morgan fingerprint density at radius 1 is 1.08 bits per heavy atom. The van der Waals surface area contributed by atoms with Crippen LogP contribution in [0.5, 0.6) is 0 Å². The second kappa shape index (κ2) is 5.23. The number of anilines is 1. The molecule has 3 aliphatic rings. The third kappa shape index (κ3) is 2.08. The van der Waals surface area contributed by atoms with Crippen LogP contribution in [0.15, 0.2) is 36.5 Å². The van der Waals surface area contributed by atoms with E-state index in [0.29, 0.717) is 11.4 Å². The van der Waals surface area contributed by atoms with Gasteiger partial charge in [-0.05, 0) is 18.9 Å². The molecule has 5 rings (SSSR count). The molecule has 3 aliphatic heterocycles. The summed E-state index contributed by atoms with van der Waals surface area (Å²) >= 11 is 0. The summed E-state index contributed by atoms with van der Waals surface area (Å²) in [4.78, 5) is 26.6. The molecule has 2 aromatic rings. The summed E-state index contributed by atoms with van der Waals surface area (Å²) in [5, 5.41) is 4.32. The van der Waals surface area contributed by atoms with E-state index < -0.39 is 0 Å². The molecule has 25 heavy (non-hydrogen) atoms. The van der Waals surface area contributed by atoms with Crippen molar-refractivity contribution in [1.29, 1.82) is 0 Å². The van der Waals surface area contributed by atoms with Crippen molar-refractivity contribution in [3.63, 3.8) is 0 Å². The molecule has 0 aliphatic carbocycles. The number of benzene rings is 1. The number of rotatable bonds is 3. The van der Waals surface area contributed by atoms with E-state index in [9.17, 15) is 14.0 Å². The van der Waals surface area contributed by atoms with Gasteiger partial charge in [0.15, 0.2) is 5.82 Å². The summed E-state index contributed by atoms with van der Waals surface area (Å²) in [6.45, 7) is 0.240. The maximum Gasteiger partial charge on any atom is 0.241 e. The molecule has 4 atom stereocenters. The van der Waals surface area contributed by atoms with Gasteiger partial charge in [-0.3, -0.25) is 14.3 Å². The molecule has 128 valence electrons. The molecule has 0 N–H and O–H groups in total. The maximum absolute atomic E-state index is 13.8. The number of halogens is 1. The number of aromatic nitrogens is 2. The Hall–Kier alpha value is -2.54. The molecule has 6 nitrogen and oxygen atoms in total. The minimum Gasteiger partial charge on any atom is -0.373 e. The normalized spacial score (nSPS) is 30.4. The van der Waals surface area contributed by atoms with Gasteiger partial charge in [0.1, 0.15) is 5.82 Å². The lowest BCUT2D eigenvalue weighted by molar-refractivity contribution is -0.124. The summed E-state index contributed by atoms with van der Waals surface area (Å²) in [6, 6.07) is 8.09. The Kier molecular flexibility index (Phi) is 3.09. The number of hydrogen-bond donors (Lipinski definition) is 0. The molecule has 3 fully saturated rings. The van der Waals surface area contributed by atoms with Crippen molar-refractivity contribution in [3.05, 3.63) is 47.9 Å². The molecule has 1 aromatic carbocycles. The van der Waals surface area contributed by atoms with Crippen LogP contribution in [0.25, 0.3) is 0 Å². The first-order valence-electron chi connectivity index (χ1n) is 8.43. The lowest BCUT2D eigenvalue weighted by Gasteiger charge is -2.15. The van der Waals surface area contributed by atoms with E-state index >= 15 is 0 Å². The number of ether oxygens (including phenoxy) is 1. The van der Waals surface area contributed by atoms with Crippen molar-refractivity contribution in [2.24, 2.45) is 11.8 Å². The summed E-state index contributed by atoms with van der Waals surface area (Å²) in [5.41, 5.74) is 0.500. The largest absolute Gasteiger partial charge is 0.373 e. The predicted molar refractivity (Wildman–Crippen MR) is 85.1 cm³/mol. The van der Waals surface area contributed by atoms with Crippen LogP contribution in [0.1, 0.15) is 18.4 Å². The number of imide groups is 1. The Morgan fingerprint density at radius 3 is 2.44 bits per heavy atom. The molecule has 2 amide bonds. The van der Waals surface area contributed by atoms with E-state index in [4.69, 9.17) is 4.74 Å². The average molecular weight is 341 g/mol. The molecule has 3 saturated heterocycles.